The van der Waals surface area contributed by atoms with Crippen molar-refractivity contribution in [1.82, 2.24) is 0 Å². The Labute approximate surface area is 256 Å². The second-order valence-electron chi connectivity index (χ2n) is 9.03. The molecule has 13 heteroatoms. The molecule has 0 aliphatic heterocycles. The van der Waals surface area contributed by atoms with E-state index in [4.69, 9.17) is 30.8 Å². The minimum atomic E-state index is -0.758. The van der Waals surface area contributed by atoms with Crippen molar-refractivity contribution < 1.29 is 43.8 Å². The Bertz CT molecular complexity index is 1870. The molecule has 0 aliphatic rings. The summed E-state index contributed by atoms with van der Waals surface area (Å²) in [5.41, 5.74) is 0.430. The molecule has 3 aromatic carbocycles. The zero-order chi connectivity index (χ0) is 30.5. The Kier molecular flexibility index (Phi) is 9.38. The van der Waals surface area contributed by atoms with Crippen LogP contribution in [0.1, 0.15) is 5.56 Å². The number of hydrogen-bond donors (Lipinski definition) is 4. The van der Waals surface area contributed by atoms with Crippen molar-refractivity contribution in [1.29, 1.82) is 0 Å². The Morgan fingerprint density at radius 3 is 2.21 bits per heavy atom. The summed E-state index contributed by atoms with van der Waals surface area (Å²) in [6.07, 6.45) is -0.431. The number of phenolic OH excluding ortho intramolecular Hbond substituents is 2. The first kappa shape index (κ1) is 30.2. The lowest BCUT2D eigenvalue weighted by Gasteiger charge is -2.17. The van der Waals surface area contributed by atoms with Crippen LogP contribution in [0.4, 0.5) is 0 Å². The number of carbonyl (C=O) groups excluding carboxylic acids is 1. The molecule has 0 saturated heterocycles. The summed E-state index contributed by atoms with van der Waals surface area (Å²) in [4.78, 5) is 27.8. The van der Waals surface area contributed by atoms with E-state index in [1.807, 2.05) is 6.07 Å². The molecule has 5 aromatic rings. The standard InChI is InChI=1S/C30H24O10S3/c31-9-11-37-22-14-21(34)26-27(36)30(38-12-10-32)28(17-1-5-18(33)6-2-17)40-29(26)20(22)13-24(35)39-19-7-3-16(4-8-19)23-15-25(41)43-42-23/h1-8,14-15,31-34H,9-13H2. The molecule has 43 heavy (non-hydrogen) atoms. The highest BCUT2D eigenvalue weighted by atomic mass is 32.9. The van der Waals surface area contributed by atoms with Gasteiger partial charge in [-0.25, -0.2) is 0 Å². The van der Waals surface area contributed by atoms with E-state index in [2.05, 4.69) is 0 Å². The summed E-state index contributed by atoms with van der Waals surface area (Å²) >= 11 is 5.20. The first-order valence-corrected chi connectivity index (χ1v) is 15.4. The first-order valence-electron chi connectivity index (χ1n) is 12.8. The van der Waals surface area contributed by atoms with Crippen LogP contribution in [0.3, 0.4) is 0 Å². The van der Waals surface area contributed by atoms with E-state index in [1.54, 1.807) is 34.6 Å². The monoisotopic (exact) mass is 640 g/mol. The van der Waals surface area contributed by atoms with Gasteiger partial charge in [-0.1, -0.05) is 32.9 Å². The number of hydrogen-bond acceptors (Lipinski definition) is 13. The fourth-order valence-electron chi connectivity index (χ4n) is 4.26. The summed E-state index contributed by atoms with van der Waals surface area (Å²) in [7, 11) is 3.04. The van der Waals surface area contributed by atoms with E-state index in [9.17, 15) is 30.0 Å². The van der Waals surface area contributed by atoms with Gasteiger partial charge in [0.25, 0.3) is 0 Å². The van der Waals surface area contributed by atoms with E-state index in [-0.39, 0.29) is 65.1 Å². The van der Waals surface area contributed by atoms with Crippen molar-refractivity contribution in [2.75, 3.05) is 26.4 Å². The average Bonchev–Trinajstić information content (AvgIpc) is 3.43. The Morgan fingerprint density at radius 2 is 1.56 bits per heavy atom. The number of rotatable bonds is 11. The molecule has 222 valence electrons. The number of benzene rings is 3. The van der Waals surface area contributed by atoms with Crippen LogP contribution in [0, 0.1) is 3.82 Å². The van der Waals surface area contributed by atoms with Crippen LogP contribution in [0.5, 0.6) is 28.7 Å². The van der Waals surface area contributed by atoms with Crippen LogP contribution >= 0.6 is 32.9 Å². The maximum atomic E-state index is 13.6. The van der Waals surface area contributed by atoms with Crippen LogP contribution < -0.4 is 19.6 Å². The van der Waals surface area contributed by atoms with Gasteiger partial charge in [-0.05, 0) is 60.2 Å². The number of aromatic hydroxyl groups is 2. The molecule has 5 rings (SSSR count). The number of carbonyl (C=O) groups is 1. The van der Waals surface area contributed by atoms with Gasteiger partial charge in [-0.2, -0.15) is 0 Å². The number of aliphatic hydroxyl groups is 2. The van der Waals surface area contributed by atoms with Gasteiger partial charge in [0, 0.05) is 22.1 Å². The molecule has 2 aromatic heterocycles. The second kappa shape index (κ2) is 13.4. The smallest absolute Gasteiger partial charge is 0.315 e. The van der Waals surface area contributed by atoms with Crippen molar-refractivity contribution in [3.05, 3.63) is 80.3 Å². The molecule has 0 saturated carbocycles. The van der Waals surface area contributed by atoms with Gasteiger partial charge in [0.05, 0.1) is 19.6 Å². The summed E-state index contributed by atoms with van der Waals surface area (Å²) in [5, 5.41) is 39.0. The lowest BCUT2D eigenvalue weighted by atomic mass is 10.0. The van der Waals surface area contributed by atoms with Gasteiger partial charge in [-0.3, -0.25) is 9.59 Å². The summed E-state index contributed by atoms with van der Waals surface area (Å²) < 4.78 is 23.6. The topological polar surface area (TPSA) is 156 Å². The van der Waals surface area contributed by atoms with Gasteiger partial charge in [-0.15, -0.1) is 0 Å². The Hall–Kier alpha value is -4.27. The Balaban J connectivity index is 1.57. The van der Waals surface area contributed by atoms with E-state index in [1.165, 1.54) is 34.6 Å². The number of ether oxygens (including phenoxy) is 3. The van der Waals surface area contributed by atoms with Crippen molar-refractivity contribution in [3.8, 4) is 50.5 Å². The van der Waals surface area contributed by atoms with Crippen LogP contribution in [0.25, 0.3) is 32.7 Å². The first-order chi connectivity index (χ1) is 20.8. The lowest BCUT2D eigenvalue weighted by molar-refractivity contribution is -0.133. The lowest BCUT2D eigenvalue weighted by Crippen LogP contribution is -2.16. The third-order valence-corrected chi connectivity index (χ3v) is 9.05. The maximum Gasteiger partial charge on any atom is 0.315 e. The van der Waals surface area contributed by atoms with Crippen molar-refractivity contribution in [3.63, 3.8) is 0 Å². The molecule has 4 N–H and O–H groups in total. The van der Waals surface area contributed by atoms with Crippen LogP contribution in [0.15, 0.2) is 69.9 Å². The SMILES string of the molecule is O=C(Cc1c(OCCO)cc(O)c2c(=O)c(OCCO)c(-c3ccc(O)cc3)oc12)Oc1ccc(-c2cc(=S)ss2)cc1. The third kappa shape index (κ3) is 6.71. The van der Waals surface area contributed by atoms with Gasteiger partial charge in [0.1, 0.15) is 51.0 Å². The molecule has 0 unspecified atom stereocenters. The van der Waals surface area contributed by atoms with E-state index >= 15 is 0 Å². The molecule has 0 atom stereocenters. The van der Waals surface area contributed by atoms with E-state index < -0.39 is 30.2 Å². The molecule has 0 aliphatic carbocycles. The van der Waals surface area contributed by atoms with Crippen LogP contribution in [-0.4, -0.2) is 52.8 Å². The highest BCUT2D eigenvalue weighted by Crippen LogP contribution is 2.40. The predicted octanol–water partition coefficient (Wildman–Crippen LogP) is 5.28. The third-order valence-electron chi connectivity index (χ3n) is 6.14. The molecule has 2 heterocycles. The minimum Gasteiger partial charge on any atom is -0.508 e. The zero-order valence-corrected chi connectivity index (χ0v) is 24.7. The zero-order valence-electron chi connectivity index (χ0n) is 22.3. The fraction of sp³-hybridized carbons (Fsp3) is 0.167. The normalized spacial score (nSPS) is 11.0. The van der Waals surface area contributed by atoms with E-state index in [0.29, 0.717) is 5.56 Å². The molecular weight excluding hydrogens is 617 g/mol. The van der Waals surface area contributed by atoms with Gasteiger partial charge in [0.2, 0.25) is 11.2 Å². The van der Waals surface area contributed by atoms with Gasteiger partial charge in [0.15, 0.2) is 5.76 Å². The molecule has 0 amide bonds. The number of phenols is 2. The van der Waals surface area contributed by atoms with Gasteiger partial charge >= 0.3 is 5.97 Å². The summed E-state index contributed by atoms with van der Waals surface area (Å²) in [6, 6.07) is 15.7. The number of aliphatic hydroxyl groups excluding tert-OH is 2. The molecule has 10 nitrogen and oxygen atoms in total. The molecular formula is C30H24O10S3. The number of fused-ring (bicyclic) bond motifs is 1. The van der Waals surface area contributed by atoms with Crippen LogP contribution in [-0.2, 0) is 11.2 Å². The fourth-order valence-corrected chi connectivity index (χ4v) is 6.67. The molecule has 0 radical (unpaired) electrons. The quantitative estimate of drug-likeness (QED) is 0.0645. The second-order valence-corrected chi connectivity index (χ2v) is 11.9. The van der Waals surface area contributed by atoms with Crippen molar-refractivity contribution in [2.45, 2.75) is 6.42 Å². The summed E-state index contributed by atoms with van der Waals surface area (Å²) in [5.74, 6) is -1.32. The highest BCUT2D eigenvalue weighted by Gasteiger charge is 2.26. The van der Waals surface area contributed by atoms with Crippen molar-refractivity contribution >= 4 is 49.8 Å². The van der Waals surface area contributed by atoms with Crippen molar-refractivity contribution in [2.24, 2.45) is 0 Å². The van der Waals surface area contributed by atoms with Crippen LogP contribution in [0.2, 0.25) is 0 Å². The average molecular weight is 641 g/mol. The molecule has 0 spiro atoms. The minimum absolute atomic E-state index is 0.00570. The largest absolute Gasteiger partial charge is 0.508 e. The van der Waals surface area contributed by atoms with E-state index in [0.717, 1.165) is 20.3 Å². The predicted molar refractivity (Wildman–Crippen MR) is 164 cm³/mol. The highest BCUT2D eigenvalue weighted by molar-refractivity contribution is 7.80. The molecule has 0 fully saturated rings. The number of esters is 1. The maximum absolute atomic E-state index is 13.6. The van der Waals surface area contributed by atoms with Gasteiger partial charge < -0.3 is 39.1 Å². The Morgan fingerprint density at radius 1 is 0.884 bits per heavy atom. The molecule has 0 bridgehead atoms. The summed E-state index contributed by atoms with van der Waals surface area (Å²) in [6.45, 7) is -1.16.